The van der Waals surface area contributed by atoms with Gasteiger partial charge in [0.1, 0.15) is 5.82 Å². The quantitative estimate of drug-likeness (QED) is 0.723. The summed E-state index contributed by atoms with van der Waals surface area (Å²) in [4.78, 5) is 1.93. The number of benzene rings is 1. The maximum atomic E-state index is 13.2. The Morgan fingerprint density at radius 3 is 2.73 bits per heavy atom. The van der Waals surface area contributed by atoms with E-state index in [1.165, 1.54) is 12.1 Å². The molecule has 0 heterocycles. The molecule has 4 heteroatoms. The van der Waals surface area contributed by atoms with Crippen LogP contribution < -0.4 is 4.90 Å². The minimum Gasteiger partial charge on any atom is -0.383 e. The summed E-state index contributed by atoms with van der Waals surface area (Å²) >= 11 is 5.67. The van der Waals surface area contributed by atoms with Crippen molar-refractivity contribution in [1.29, 1.82) is 0 Å². The molecule has 0 aliphatic carbocycles. The Balaban J connectivity index is 2.78. The van der Waals surface area contributed by atoms with Crippen molar-refractivity contribution < 1.29 is 9.13 Å². The monoisotopic (exact) mass is 231 g/mol. The summed E-state index contributed by atoms with van der Waals surface area (Å²) < 4.78 is 18.1. The molecule has 1 aromatic carbocycles. The molecule has 0 aromatic heterocycles. The van der Waals surface area contributed by atoms with E-state index in [1.54, 1.807) is 7.11 Å². The van der Waals surface area contributed by atoms with Crippen LogP contribution in [-0.4, -0.2) is 27.3 Å². The van der Waals surface area contributed by atoms with Crippen LogP contribution in [0.4, 0.5) is 10.1 Å². The van der Waals surface area contributed by atoms with E-state index in [2.05, 4.69) is 0 Å². The van der Waals surface area contributed by atoms with Gasteiger partial charge in [0.25, 0.3) is 0 Å². The molecular weight excluding hydrogens is 217 g/mol. The molecule has 84 valence electrons. The van der Waals surface area contributed by atoms with Crippen LogP contribution in [0.3, 0.4) is 0 Å². The van der Waals surface area contributed by atoms with Crippen molar-refractivity contribution in [1.82, 2.24) is 0 Å². The van der Waals surface area contributed by atoms with Gasteiger partial charge in [-0.3, -0.25) is 0 Å². The fourth-order valence-electron chi connectivity index (χ4n) is 1.29. The average molecular weight is 232 g/mol. The van der Waals surface area contributed by atoms with Gasteiger partial charge in [-0.05, 0) is 23.8 Å². The largest absolute Gasteiger partial charge is 0.383 e. The number of anilines is 1. The first-order chi connectivity index (χ1) is 7.17. The van der Waals surface area contributed by atoms with E-state index in [0.717, 1.165) is 17.8 Å². The lowest BCUT2D eigenvalue weighted by atomic mass is 10.2. The first kappa shape index (κ1) is 12.3. The van der Waals surface area contributed by atoms with Crippen molar-refractivity contribution in [3.63, 3.8) is 0 Å². The van der Waals surface area contributed by atoms with Crippen molar-refractivity contribution in [2.24, 2.45) is 0 Å². The number of nitrogens with zero attached hydrogens (tertiary/aromatic N) is 1. The van der Waals surface area contributed by atoms with Gasteiger partial charge >= 0.3 is 0 Å². The SMILES string of the molecule is COCCN(C)c1cc(F)cc(CCl)c1. The highest BCUT2D eigenvalue weighted by Gasteiger charge is 2.04. The molecule has 0 fully saturated rings. The Morgan fingerprint density at radius 1 is 1.40 bits per heavy atom. The van der Waals surface area contributed by atoms with Crippen LogP contribution in [0, 0.1) is 5.82 Å². The minimum absolute atomic E-state index is 0.257. The molecule has 2 nitrogen and oxygen atoms in total. The van der Waals surface area contributed by atoms with E-state index in [0.29, 0.717) is 12.5 Å². The Kier molecular flexibility index (Phi) is 4.85. The van der Waals surface area contributed by atoms with Crippen LogP contribution in [-0.2, 0) is 10.6 Å². The first-order valence-corrected chi connectivity index (χ1v) is 5.26. The molecule has 0 saturated heterocycles. The third kappa shape index (κ3) is 3.68. The zero-order valence-electron chi connectivity index (χ0n) is 8.96. The highest BCUT2D eigenvalue weighted by molar-refractivity contribution is 6.17. The second kappa shape index (κ2) is 5.93. The maximum absolute atomic E-state index is 13.2. The first-order valence-electron chi connectivity index (χ1n) is 4.73. The molecule has 0 saturated carbocycles. The second-order valence-corrected chi connectivity index (χ2v) is 3.63. The predicted molar refractivity (Wildman–Crippen MR) is 61.1 cm³/mol. The highest BCUT2D eigenvalue weighted by atomic mass is 35.5. The zero-order chi connectivity index (χ0) is 11.3. The number of methoxy groups -OCH3 is 1. The van der Waals surface area contributed by atoms with Crippen molar-refractivity contribution in [3.8, 4) is 0 Å². The number of ether oxygens (including phenoxy) is 1. The Morgan fingerprint density at radius 2 is 2.13 bits per heavy atom. The van der Waals surface area contributed by atoms with Crippen molar-refractivity contribution >= 4 is 17.3 Å². The molecule has 1 rings (SSSR count). The van der Waals surface area contributed by atoms with Crippen LogP contribution in [0.2, 0.25) is 0 Å². The average Bonchev–Trinajstić information content (AvgIpc) is 2.24. The highest BCUT2D eigenvalue weighted by Crippen LogP contribution is 2.18. The van der Waals surface area contributed by atoms with Gasteiger partial charge in [-0.1, -0.05) is 0 Å². The van der Waals surface area contributed by atoms with E-state index < -0.39 is 0 Å². The van der Waals surface area contributed by atoms with Gasteiger partial charge in [-0.2, -0.15) is 0 Å². The number of hydrogen-bond donors (Lipinski definition) is 0. The van der Waals surface area contributed by atoms with Crippen LogP contribution >= 0.6 is 11.6 Å². The lowest BCUT2D eigenvalue weighted by Crippen LogP contribution is -2.22. The van der Waals surface area contributed by atoms with E-state index >= 15 is 0 Å². The third-order valence-corrected chi connectivity index (χ3v) is 2.48. The number of halogens is 2. The van der Waals surface area contributed by atoms with Gasteiger partial charge in [0.15, 0.2) is 0 Å². The molecule has 0 atom stereocenters. The zero-order valence-corrected chi connectivity index (χ0v) is 9.72. The predicted octanol–water partition coefficient (Wildman–Crippen LogP) is 2.65. The van der Waals surface area contributed by atoms with Gasteiger partial charge in [-0.25, -0.2) is 4.39 Å². The van der Waals surface area contributed by atoms with Gasteiger partial charge in [0.2, 0.25) is 0 Å². The lowest BCUT2D eigenvalue weighted by molar-refractivity contribution is 0.206. The minimum atomic E-state index is -0.257. The Hall–Kier alpha value is -0.800. The number of likely N-dealkylation sites (N-methyl/N-ethyl adjacent to an activating group) is 1. The molecule has 0 amide bonds. The molecule has 0 aliphatic rings. The molecule has 0 aliphatic heterocycles. The molecule has 0 bridgehead atoms. The molecule has 0 N–H and O–H groups in total. The normalized spacial score (nSPS) is 10.4. The number of rotatable bonds is 5. The Labute approximate surface area is 94.6 Å². The maximum Gasteiger partial charge on any atom is 0.125 e. The molecule has 1 aromatic rings. The van der Waals surface area contributed by atoms with E-state index in [-0.39, 0.29) is 5.82 Å². The second-order valence-electron chi connectivity index (χ2n) is 3.37. The van der Waals surface area contributed by atoms with Crippen LogP contribution in [0.15, 0.2) is 18.2 Å². The summed E-state index contributed by atoms with van der Waals surface area (Å²) in [5, 5.41) is 0. The van der Waals surface area contributed by atoms with Gasteiger partial charge in [-0.15, -0.1) is 11.6 Å². The van der Waals surface area contributed by atoms with Crippen molar-refractivity contribution in [2.45, 2.75) is 5.88 Å². The molecule has 0 spiro atoms. The van der Waals surface area contributed by atoms with Gasteiger partial charge in [0.05, 0.1) is 6.61 Å². The molecule has 0 unspecified atom stereocenters. The standard InChI is InChI=1S/C11H15ClFNO/c1-14(3-4-15-2)11-6-9(8-12)5-10(13)7-11/h5-7H,3-4,8H2,1-2H3. The van der Waals surface area contributed by atoms with E-state index in [9.17, 15) is 4.39 Å². The molecular formula is C11H15ClFNO. The number of hydrogen-bond acceptors (Lipinski definition) is 2. The lowest BCUT2D eigenvalue weighted by Gasteiger charge is -2.19. The van der Waals surface area contributed by atoms with Crippen LogP contribution in [0.25, 0.3) is 0 Å². The fraction of sp³-hybridized carbons (Fsp3) is 0.455. The Bertz CT molecular complexity index is 319. The third-order valence-electron chi connectivity index (χ3n) is 2.17. The molecule has 0 radical (unpaired) electrons. The summed E-state index contributed by atoms with van der Waals surface area (Å²) in [7, 11) is 3.54. The smallest absolute Gasteiger partial charge is 0.125 e. The fourth-order valence-corrected chi connectivity index (χ4v) is 1.44. The van der Waals surface area contributed by atoms with Gasteiger partial charge < -0.3 is 9.64 Å². The van der Waals surface area contributed by atoms with E-state index in [4.69, 9.17) is 16.3 Å². The number of alkyl halides is 1. The van der Waals surface area contributed by atoms with Crippen LogP contribution in [0.5, 0.6) is 0 Å². The summed E-state index contributed by atoms with van der Waals surface area (Å²) in [5.41, 5.74) is 1.61. The van der Waals surface area contributed by atoms with Crippen molar-refractivity contribution in [3.05, 3.63) is 29.6 Å². The summed E-state index contributed by atoms with van der Waals surface area (Å²) in [6, 6.07) is 4.82. The van der Waals surface area contributed by atoms with Crippen molar-refractivity contribution in [2.75, 3.05) is 32.2 Å². The van der Waals surface area contributed by atoms with E-state index in [1.807, 2.05) is 18.0 Å². The topological polar surface area (TPSA) is 12.5 Å². The van der Waals surface area contributed by atoms with Crippen LogP contribution in [0.1, 0.15) is 5.56 Å². The summed E-state index contributed by atoms with van der Waals surface area (Å²) in [5.74, 6) is 0.0653. The summed E-state index contributed by atoms with van der Waals surface area (Å²) in [6.07, 6.45) is 0. The van der Waals surface area contributed by atoms with Gasteiger partial charge in [0, 0.05) is 32.3 Å². The summed E-state index contributed by atoms with van der Waals surface area (Å²) in [6.45, 7) is 1.34. The molecule has 15 heavy (non-hydrogen) atoms.